The monoisotopic (exact) mass is 418 g/mol. The van der Waals surface area contributed by atoms with Crippen LogP contribution < -0.4 is 16.0 Å². The number of imide groups is 1. The van der Waals surface area contributed by atoms with Gasteiger partial charge in [0.05, 0.1) is 6.54 Å². The maximum absolute atomic E-state index is 12.8. The number of ether oxygens (including phenoxy) is 1. The zero-order valence-corrected chi connectivity index (χ0v) is 17.4. The lowest BCUT2D eigenvalue weighted by molar-refractivity contribution is -0.151. The molecule has 1 fully saturated rings. The van der Waals surface area contributed by atoms with Crippen molar-refractivity contribution in [1.29, 1.82) is 0 Å². The number of hydrogen-bond donors (Lipinski definition) is 3. The molecule has 162 valence electrons. The fourth-order valence-electron chi connectivity index (χ4n) is 2.85. The van der Waals surface area contributed by atoms with Crippen LogP contribution in [0.3, 0.4) is 0 Å². The molecule has 5 amide bonds. The Hall–Kier alpha value is -3.43. The maximum atomic E-state index is 12.8. The molecule has 0 aliphatic carbocycles. The normalized spacial score (nSPS) is 18.2. The number of carbonyl (C=O) groups is 5. The van der Waals surface area contributed by atoms with E-state index in [-0.39, 0.29) is 18.5 Å². The number of amides is 5. The number of hydrogen-bond acceptors (Lipinski definition) is 6. The summed E-state index contributed by atoms with van der Waals surface area (Å²) in [5.74, 6) is -2.57. The molecule has 10 nitrogen and oxygen atoms in total. The molecule has 1 aliphatic heterocycles. The Kier molecular flexibility index (Phi) is 7.14. The largest absolute Gasteiger partial charge is 0.454 e. The highest BCUT2D eigenvalue weighted by Crippen LogP contribution is 2.28. The highest BCUT2D eigenvalue weighted by Gasteiger charge is 2.49. The van der Waals surface area contributed by atoms with E-state index in [4.69, 9.17) is 4.74 Å². The summed E-state index contributed by atoms with van der Waals surface area (Å²) < 4.78 is 4.81. The molecule has 0 radical (unpaired) electrons. The summed E-state index contributed by atoms with van der Waals surface area (Å²) in [4.78, 5) is 60.9. The molecule has 0 saturated carbocycles. The molecule has 10 heteroatoms. The summed E-state index contributed by atoms with van der Waals surface area (Å²) in [6.45, 7) is 5.49. The van der Waals surface area contributed by atoms with E-state index in [2.05, 4.69) is 16.0 Å². The van der Waals surface area contributed by atoms with Crippen LogP contribution >= 0.6 is 0 Å². The lowest BCUT2D eigenvalue weighted by Gasteiger charge is -2.22. The Morgan fingerprint density at radius 2 is 1.77 bits per heavy atom. The summed E-state index contributed by atoms with van der Waals surface area (Å²) in [6.07, 6.45) is 0. The number of aryl methyl sites for hydroxylation is 1. The highest BCUT2D eigenvalue weighted by atomic mass is 16.5. The van der Waals surface area contributed by atoms with Crippen molar-refractivity contribution in [2.45, 2.75) is 39.3 Å². The second kappa shape index (κ2) is 9.38. The van der Waals surface area contributed by atoms with Gasteiger partial charge in [-0.3, -0.25) is 24.1 Å². The van der Waals surface area contributed by atoms with E-state index in [0.717, 1.165) is 10.5 Å². The molecular formula is C20H26N4O6. The van der Waals surface area contributed by atoms with Crippen molar-refractivity contribution < 1.29 is 28.7 Å². The van der Waals surface area contributed by atoms with Crippen LogP contribution in [0.25, 0.3) is 0 Å². The van der Waals surface area contributed by atoms with Gasteiger partial charge in [0, 0.05) is 6.04 Å². The first-order valence-corrected chi connectivity index (χ1v) is 9.46. The standard InChI is InChI=1S/C20H26N4O6/c1-12(2)22-15(25)9-21-16(26)11-30-17(27)10-24-18(28)20(4,23-19(24)29)14-7-5-13(3)6-8-14/h5-8,12H,9-11H2,1-4H3,(H,21,26)(H,22,25)(H,23,29)/t20-/m0/s1. The smallest absolute Gasteiger partial charge is 0.326 e. The van der Waals surface area contributed by atoms with Crippen LogP contribution in [0.5, 0.6) is 0 Å². The predicted octanol–water partition coefficient (Wildman–Crippen LogP) is -0.0540. The first-order chi connectivity index (χ1) is 14.0. The van der Waals surface area contributed by atoms with Gasteiger partial charge in [-0.05, 0) is 33.3 Å². The van der Waals surface area contributed by atoms with Gasteiger partial charge in [0.1, 0.15) is 12.1 Å². The number of urea groups is 1. The molecule has 2 rings (SSSR count). The van der Waals surface area contributed by atoms with Crippen LogP contribution in [-0.2, 0) is 29.5 Å². The number of nitrogens with zero attached hydrogens (tertiary/aromatic N) is 1. The number of esters is 1. The van der Waals surface area contributed by atoms with Gasteiger partial charge in [-0.1, -0.05) is 29.8 Å². The van der Waals surface area contributed by atoms with Crippen LogP contribution in [0, 0.1) is 6.92 Å². The minimum absolute atomic E-state index is 0.0676. The quantitative estimate of drug-likeness (QED) is 0.400. The zero-order chi connectivity index (χ0) is 22.5. The highest BCUT2D eigenvalue weighted by molar-refractivity contribution is 6.08. The molecule has 1 aliphatic rings. The summed E-state index contributed by atoms with van der Waals surface area (Å²) in [5.41, 5.74) is 0.285. The minimum atomic E-state index is -1.30. The third-order valence-electron chi connectivity index (χ3n) is 4.45. The van der Waals surface area contributed by atoms with Crippen molar-refractivity contribution in [3.8, 4) is 0 Å². The van der Waals surface area contributed by atoms with Crippen molar-refractivity contribution in [3.63, 3.8) is 0 Å². The van der Waals surface area contributed by atoms with E-state index in [0.29, 0.717) is 5.56 Å². The zero-order valence-electron chi connectivity index (χ0n) is 17.4. The van der Waals surface area contributed by atoms with Gasteiger partial charge >= 0.3 is 12.0 Å². The molecule has 1 aromatic rings. The van der Waals surface area contributed by atoms with Crippen LogP contribution in [0.15, 0.2) is 24.3 Å². The van der Waals surface area contributed by atoms with Gasteiger partial charge < -0.3 is 20.7 Å². The molecule has 1 aromatic carbocycles. The van der Waals surface area contributed by atoms with Gasteiger partial charge in [0.15, 0.2) is 6.61 Å². The number of benzene rings is 1. The fraction of sp³-hybridized carbons (Fsp3) is 0.450. The van der Waals surface area contributed by atoms with E-state index in [1.807, 2.05) is 19.1 Å². The summed E-state index contributed by atoms with van der Waals surface area (Å²) in [6, 6.07) is 6.30. The molecule has 1 heterocycles. The second-order valence-corrected chi connectivity index (χ2v) is 7.47. The van der Waals surface area contributed by atoms with Gasteiger partial charge in [-0.2, -0.15) is 0 Å². The fourth-order valence-corrected chi connectivity index (χ4v) is 2.85. The summed E-state index contributed by atoms with van der Waals surface area (Å²) in [7, 11) is 0. The lowest BCUT2D eigenvalue weighted by atomic mass is 9.91. The lowest BCUT2D eigenvalue weighted by Crippen LogP contribution is -2.42. The predicted molar refractivity (Wildman–Crippen MR) is 106 cm³/mol. The molecule has 30 heavy (non-hydrogen) atoms. The maximum Gasteiger partial charge on any atom is 0.326 e. The Labute approximate surface area is 174 Å². The molecular weight excluding hydrogens is 392 g/mol. The number of nitrogens with one attached hydrogen (secondary N) is 3. The molecule has 0 aromatic heterocycles. The average Bonchev–Trinajstić information content (AvgIpc) is 2.88. The van der Waals surface area contributed by atoms with E-state index in [1.165, 1.54) is 0 Å². The third kappa shape index (κ3) is 5.56. The van der Waals surface area contributed by atoms with Gasteiger partial charge in [0.2, 0.25) is 5.91 Å². The first-order valence-electron chi connectivity index (χ1n) is 9.46. The van der Waals surface area contributed by atoms with Crippen LogP contribution in [0.1, 0.15) is 31.9 Å². The molecule has 3 N–H and O–H groups in total. The van der Waals surface area contributed by atoms with E-state index in [1.54, 1.807) is 32.9 Å². The van der Waals surface area contributed by atoms with Gasteiger partial charge in [-0.15, -0.1) is 0 Å². The first kappa shape index (κ1) is 22.9. The molecule has 1 saturated heterocycles. The SMILES string of the molecule is Cc1ccc([C@]2(C)NC(=O)N(CC(=O)OCC(=O)NCC(=O)NC(C)C)C2=O)cc1. The van der Waals surface area contributed by atoms with Crippen LogP contribution in [0.2, 0.25) is 0 Å². The Morgan fingerprint density at radius 3 is 2.37 bits per heavy atom. The van der Waals surface area contributed by atoms with Gasteiger partial charge in [0.25, 0.3) is 11.8 Å². The van der Waals surface area contributed by atoms with Crippen molar-refractivity contribution in [3.05, 3.63) is 35.4 Å². The molecule has 0 unspecified atom stereocenters. The topological polar surface area (TPSA) is 134 Å². The van der Waals surface area contributed by atoms with Crippen molar-refractivity contribution in [2.24, 2.45) is 0 Å². The van der Waals surface area contributed by atoms with Crippen LogP contribution in [-0.4, -0.2) is 60.4 Å². The van der Waals surface area contributed by atoms with E-state index < -0.39 is 42.5 Å². The summed E-state index contributed by atoms with van der Waals surface area (Å²) in [5, 5.41) is 7.49. The van der Waals surface area contributed by atoms with Crippen LogP contribution in [0.4, 0.5) is 4.79 Å². The molecule has 0 spiro atoms. The molecule has 0 bridgehead atoms. The third-order valence-corrected chi connectivity index (χ3v) is 4.45. The van der Waals surface area contributed by atoms with Crippen molar-refractivity contribution in [2.75, 3.05) is 19.7 Å². The molecule has 1 atom stereocenters. The van der Waals surface area contributed by atoms with Crippen molar-refractivity contribution in [1.82, 2.24) is 20.9 Å². The average molecular weight is 418 g/mol. The van der Waals surface area contributed by atoms with Gasteiger partial charge in [-0.25, -0.2) is 4.79 Å². The minimum Gasteiger partial charge on any atom is -0.454 e. The Bertz CT molecular complexity index is 851. The Morgan fingerprint density at radius 1 is 1.13 bits per heavy atom. The Balaban J connectivity index is 1.87. The van der Waals surface area contributed by atoms with E-state index >= 15 is 0 Å². The number of carbonyl (C=O) groups excluding carboxylic acids is 5. The van der Waals surface area contributed by atoms with Crippen molar-refractivity contribution >= 4 is 29.7 Å². The summed E-state index contributed by atoms with van der Waals surface area (Å²) >= 11 is 0. The number of rotatable bonds is 8. The van der Waals surface area contributed by atoms with E-state index in [9.17, 15) is 24.0 Å². The second-order valence-electron chi connectivity index (χ2n) is 7.47.